The van der Waals surface area contributed by atoms with Gasteiger partial charge in [-0.1, -0.05) is 18.2 Å². The van der Waals surface area contributed by atoms with Crippen molar-refractivity contribution in [1.29, 1.82) is 0 Å². The van der Waals surface area contributed by atoms with E-state index < -0.39 is 66.6 Å². The molecule has 0 saturated carbocycles. The summed E-state index contributed by atoms with van der Waals surface area (Å²) in [5.41, 5.74) is -2.46. The molecule has 0 atom stereocenters. The van der Waals surface area contributed by atoms with Crippen LogP contribution in [0.1, 0.15) is 58.4 Å². The Bertz CT molecular complexity index is 858. The smallest absolute Gasteiger partial charge is 0.389 e. The van der Waals surface area contributed by atoms with E-state index in [1.807, 2.05) is 0 Å². The summed E-state index contributed by atoms with van der Waals surface area (Å²) >= 11 is 0. The van der Waals surface area contributed by atoms with Gasteiger partial charge in [0.15, 0.2) is 17.0 Å². The van der Waals surface area contributed by atoms with E-state index in [4.69, 9.17) is 9.47 Å². The molecule has 0 aromatic heterocycles. The molecule has 0 heterocycles. The number of benzene rings is 1. The second kappa shape index (κ2) is 12.5. The lowest BCUT2D eigenvalue weighted by molar-refractivity contribution is -0.173. The monoisotopic (exact) mass is 478 g/mol. The summed E-state index contributed by atoms with van der Waals surface area (Å²) in [7, 11) is 0. The molecule has 1 rings (SSSR count). The third kappa shape index (κ3) is 8.25. The number of rotatable bonds is 12. The molecule has 0 aliphatic carbocycles. The first-order chi connectivity index (χ1) is 15.4. The highest BCUT2D eigenvalue weighted by Crippen LogP contribution is 2.35. The molecule has 0 saturated heterocycles. The van der Waals surface area contributed by atoms with Crippen molar-refractivity contribution in [2.75, 3.05) is 13.2 Å². The molecule has 5 nitrogen and oxygen atoms in total. The van der Waals surface area contributed by atoms with Gasteiger partial charge in [-0.25, -0.2) is 8.78 Å². The third-order valence-corrected chi connectivity index (χ3v) is 4.78. The van der Waals surface area contributed by atoms with E-state index in [1.165, 1.54) is 32.1 Å². The van der Waals surface area contributed by atoms with Crippen LogP contribution < -0.4 is 0 Å². The summed E-state index contributed by atoms with van der Waals surface area (Å²) in [5, 5.41) is 0. The van der Waals surface area contributed by atoms with E-state index >= 15 is 0 Å². The average molecular weight is 478 g/mol. The van der Waals surface area contributed by atoms with Gasteiger partial charge < -0.3 is 9.47 Å². The van der Waals surface area contributed by atoms with Crippen LogP contribution in [0.4, 0.5) is 22.0 Å². The first-order valence-corrected chi connectivity index (χ1v) is 10.4. The van der Waals surface area contributed by atoms with Gasteiger partial charge in [0.2, 0.25) is 0 Å². The summed E-state index contributed by atoms with van der Waals surface area (Å²) in [4.78, 5) is 37.4. The Morgan fingerprint density at radius 1 is 1.00 bits per heavy atom. The van der Waals surface area contributed by atoms with E-state index in [0.717, 1.165) is 13.0 Å². The summed E-state index contributed by atoms with van der Waals surface area (Å²) in [6.07, 6.45) is -6.32. The molecular formula is C23H27F5O5. The van der Waals surface area contributed by atoms with Crippen molar-refractivity contribution < 1.29 is 45.8 Å². The fraction of sp³-hybridized carbons (Fsp3) is 0.522. The molecule has 184 valence electrons. The number of ether oxygens (including phenoxy) is 2. The molecule has 0 amide bonds. The van der Waals surface area contributed by atoms with Crippen LogP contribution in [0.25, 0.3) is 5.57 Å². The number of hydrogen-bond acceptors (Lipinski definition) is 5. The molecular weight excluding hydrogens is 451 g/mol. The van der Waals surface area contributed by atoms with E-state index in [9.17, 15) is 36.3 Å². The molecule has 0 aliphatic rings. The molecule has 33 heavy (non-hydrogen) atoms. The number of esters is 2. The van der Waals surface area contributed by atoms with Crippen molar-refractivity contribution in [3.8, 4) is 0 Å². The maximum Gasteiger partial charge on any atom is 0.389 e. The predicted octanol–water partition coefficient (Wildman–Crippen LogP) is 5.56. The summed E-state index contributed by atoms with van der Waals surface area (Å²) in [5.74, 6) is -5.13. The zero-order chi connectivity index (χ0) is 25.2. The Kier molecular flexibility index (Phi) is 10.7. The summed E-state index contributed by atoms with van der Waals surface area (Å²) in [6, 6.07) is 3.22. The van der Waals surface area contributed by atoms with Gasteiger partial charge in [-0.15, -0.1) is 0 Å². The predicted molar refractivity (Wildman–Crippen MR) is 110 cm³/mol. The average Bonchev–Trinajstić information content (AvgIpc) is 2.71. The fourth-order valence-corrected chi connectivity index (χ4v) is 3.31. The van der Waals surface area contributed by atoms with E-state index in [1.54, 1.807) is 0 Å². The highest BCUT2D eigenvalue weighted by molar-refractivity contribution is 6.04. The SMILES string of the molecule is CCOC(=O)C(C/C=C(\CCCC(F)(F)F)c1cccc(F)c1F)(CC(C)=O)C(=O)OCC. The van der Waals surface area contributed by atoms with Gasteiger partial charge in [0.1, 0.15) is 5.78 Å². The number of Topliss-reactive ketones (excluding diaryl/α,β-unsaturated/α-hetero) is 1. The number of allylic oxidation sites excluding steroid dienone is 2. The van der Waals surface area contributed by atoms with E-state index in [-0.39, 0.29) is 30.8 Å². The van der Waals surface area contributed by atoms with Crippen LogP contribution in [0.15, 0.2) is 24.3 Å². The summed E-state index contributed by atoms with van der Waals surface area (Å²) < 4.78 is 76.1. The van der Waals surface area contributed by atoms with Gasteiger partial charge in [0.25, 0.3) is 0 Å². The van der Waals surface area contributed by atoms with Crippen LogP contribution in [0.3, 0.4) is 0 Å². The van der Waals surface area contributed by atoms with Gasteiger partial charge in [0.05, 0.1) is 13.2 Å². The maximum atomic E-state index is 14.4. The molecule has 0 N–H and O–H groups in total. The molecule has 0 bridgehead atoms. The van der Waals surface area contributed by atoms with Crippen molar-refractivity contribution in [2.45, 2.75) is 59.1 Å². The molecule has 1 aromatic carbocycles. The molecule has 0 radical (unpaired) electrons. The lowest BCUT2D eigenvalue weighted by atomic mass is 9.78. The van der Waals surface area contributed by atoms with Crippen LogP contribution in [0.5, 0.6) is 0 Å². The van der Waals surface area contributed by atoms with Crippen LogP contribution in [-0.2, 0) is 23.9 Å². The van der Waals surface area contributed by atoms with Crippen molar-refractivity contribution in [2.24, 2.45) is 5.41 Å². The minimum absolute atomic E-state index is 0.0437. The Morgan fingerprint density at radius 2 is 1.58 bits per heavy atom. The zero-order valence-corrected chi connectivity index (χ0v) is 18.7. The zero-order valence-electron chi connectivity index (χ0n) is 18.7. The standard InChI is InChI=1S/C23H27F5O5/c1-4-32-20(30)22(14-15(3)29,21(31)33-5-2)13-11-16(8-7-12-23(26,27)28)17-9-6-10-18(24)19(17)25/h6,9-11H,4-5,7-8,12-14H2,1-3H3/b16-11+. The number of halogens is 5. The maximum absolute atomic E-state index is 14.4. The molecule has 0 aliphatic heterocycles. The molecule has 0 spiro atoms. The Balaban J connectivity index is 3.52. The summed E-state index contributed by atoms with van der Waals surface area (Å²) in [6.45, 7) is 3.90. The number of carbonyl (C=O) groups excluding carboxylic acids is 3. The highest BCUT2D eigenvalue weighted by atomic mass is 19.4. The van der Waals surface area contributed by atoms with Crippen LogP contribution in [0, 0.1) is 17.0 Å². The molecule has 0 fully saturated rings. The highest BCUT2D eigenvalue weighted by Gasteiger charge is 2.49. The molecule has 10 heteroatoms. The first-order valence-electron chi connectivity index (χ1n) is 10.4. The number of alkyl halides is 3. The largest absolute Gasteiger partial charge is 0.465 e. The number of carbonyl (C=O) groups is 3. The third-order valence-electron chi connectivity index (χ3n) is 4.78. The number of hydrogen-bond donors (Lipinski definition) is 0. The van der Waals surface area contributed by atoms with Crippen LogP contribution in [0.2, 0.25) is 0 Å². The fourth-order valence-electron chi connectivity index (χ4n) is 3.31. The second-order valence-electron chi connectivity index (χ2n) is 7.41. The van der Waals surface area contributed by atoms with E-state index in [0.29, 0.717) is 0 Å². The number of ketones is 1. The molecule has 0 unspecified atom stereocenters. The van der Waals surface area contributed by atoms with Gasteiger partial charge in [-0.05, 0) is 51.7 Å². The quantitative estimate of drug-likeness (QED) is 0.223. The van der Waals surface area contributed by atoms with Crippen LogP contribution in [-0.4, -0.2) is 37.1 Å². The van der Waals surface area contributed by atoms with Crippen molar-refractivity contribution in [3.63, 3.8) is 0 Å². The van der Waals surface area contributed by atoms with Gasteiger partial charge in [-0.2, -0.15) is 13.2 Å². The Labute approximate surface area is 188 Å². The van der Waals surface area contributed by atoms with E-state index in [2.05, 4.69) is 0 Å². The van der Waals surface area contributed by atoms with Crippen LogP contribution >= 0.6 is 0 Å². The normalized spacial score (nSPS) is 12.4. The van der Waals surface area contributed by atoms with Gasteiger partial charge >= 0.3 is 18.1 Å². The topological polar surface area (TPSA) is 69.7 Å². The lowest BCUT2D eigenvalue weighted by Crippen LogP contribution is -2.43. The minimum atomic E-state index is -4.46. The first kappa shape index (κ1) is 28.3. The Hall–Kier alpha value is -2.78. The van der Waals surface area contributed by atoms with Gasteiger partial charge in [-0.3, -0.25) is 14.4 Å². The molecule has 1 aromatic rings. The Morgan fingerprint density at radius 3 is 2.06 bits per heavy atom. The van der Waals surface area contributed by atoms with Crippen molar-refractivity contribution >= 4 is 23.3 Å². The van der Waals surface area contributed by atoms with Crippen molar-refractivity contribution in [3.05, 3.63) is 41.5 Å². The lowest BCUT2D eigenvalue weighted by Gasteiger charge is -2.27. The minimum Gasteiger partial charge on any atom is -0.465 e. The van der Waals surface area contributed by atoms with Gasteiger partial charge in [0, 0.05) is 18.4 Å². The van der Waals surface area contributed by atoms with Crippen molar-refractivity contribution in [1.82, 2.24) is 0 Å². The second-order valence-corrected chi connectivity index (χ2v) is 7.41.